The summed E-state index contributed by atoms with van der Waals surface area (Å²) in [5.74, 6) is 0.606. The monoisotopic (exact) mass is 486 g/mol. The van der Waals surface area contributed by atoms with E-state index in [1.165, 1.54) is 12.1 Å². The van der Waals surface area contributed by atoms with Crippen LogP contribution in [0, 0.1) is 0 Å². The molecule has 7 nitrogen and oxygen atoms in total. The minimum Gasteiger partial charge on any atom is -0.489 e. The van der Waals surface area contributed by atoms with Gasteiger partial charge in [0.05, 0.1) is 12.2 Å². The highest BCUT2D eigenvalue weighted by atomic mass is 19.4. The van der Waals surface area contributed by atoms with Crippen LogP contribution in [0.4, 0.5) is 13.2 Å². The molecule has 2 aromatic carbocycles. The number of aliphatic hydroxyl groups is 4. The Morgan fingerprint density at radius 3 is 2.09 bits per heavy atom. The predicted molar refractivity (Wildman–Crippen MR) is 115 cm³/mol. The molecule has 1 saturated heterocycles. The fourth-order valence-electron chi connectivity index (χ4n) is 3.54. The van der Waals surface area contributed by atoms with Crippen LogP contribution in [0.15, 0.2) is 48.5 Å². The van der Waals surface area contributed by atoms with Crippen LogP contribution in [0.1, 0.15) is 29.5 Å². The third-order valence-electron chi connectivity index (χ3n) is 5.60. The molecule has 1 fully saturated rings. The van der Waals surface area contributed by atoms with Crippen molar-refractivity contribution in [3.05, 3.63) is 65.2 Å². The molecular formula is C24H29F3O7. The third kappa shape index (κ3) is 7.14. The van der Waals surface area contributed by atoms with Gasteiger partial charge in [-0.2, -0.15) is 13.2 Å². The minimum absolute atomic E-state index is 0.159. The largest absolute Gasteiger partial charge is 0.489 e. The van der Waals surface area contributed by atoms with Gasteiger partial charge in [0.25, 0.3) is 0 Å². The lowest BCUT2D eigenvalue weighted by Gasteiger charge is -2.39. The van der Waals surface area contributed by atoms with Gasteiger partial charge in [-0.25, -0.2) is 0 Å². The standard InChI is InChI=1S/C24H29F3O7/c25-24(26,27)17-8-4-16(5-9-17)14-33-18-10-6-15(7-11-18)3-1-2-12-32-23-22(31)21(30)20(29)19(13-28)34-23/h4-11,19-23,28-31H,1-3,12-14H2. The van der Waals surface area contributed by atoms with Crippen LogP contribution in [-0.4, -0.2) is 64.3 Å². The number of hydrogen-bond donors (Lipinski definition) is 4. The molecule has 3 rings (SSSR count). The molecule has 1 aliphatic rings. The zero-order valence-electron chi connectivity index (χ0n) is 18.4. The number of halogens is 3. The molecule has 1 aliphatic heterocycles. The maximum atomic E-state index is 12.6. The van der Waals surface area contributed by atoms with Gasteiger partial charge < -0.3 is 34.6 Å². The minimum atomic E-state index is -4.36. The van der Waals surface area contributed by atoms with E-state index >= 15 is 0 Å². The van der Waals surface area contributed by atoms with Crippen molar-refractivity contribution in [1.29, 1.82) is 0 Å². The van der Waals surface area contributed by atoms with Gasteiger partial charge in [-0.05, 0) is 54.7 Å². The Morgan fingerprint density at radius 2 is 1.47 bits per heavy atom. The molecule has 0 amide bonds. The van der Waals surface area contributed by atoms with Gasteiger partial charge in [0.2, 0.25) is 0 Å². The van der Waals surface area contributed by atoms with Gasteiger partial charge in [-0.15, -0.1) is 0 Å². The van der Waals surface area contributed by atoms with Crippen LogP contribution in [0.25, 0.3) is 0 Å². The molecule has 34 heavy (non-hydrogen) atoms. The first-order valence-electron chi connectivity index (χ1n) is 11.0. The summed E-state index contributed by atoms with van der Waals surface area (Å²) in [5.41, 5.74) is 1.00. The van der Waals surface area contributed by atoms with Crippen molar-refractivity contribution in [2.24, 2.45) is 0 Å². The Hall–Kier alpha value is -2.21. The maximum absolute atomic E-state index is 12.6. The highest BCUT2D eigenvalue weighted by molar-refractivity contribution is 5.28. The lowest BCUT2D eigenvalue weighted by atomic mass is 9.99. The Labute approximate surface area is 195 Å². The summed E-state index contributed by atoms with van der Waals surface area (Å²) < 4.78 is 54.2. The molecule has 0 spiro atoms. The SMILES string of the molecule is OCC1OC(OCCCCc2ccc(OCc3ccc(C(F)(F)F)cc3)cc2)C(O)C(O)C1O. The number of hydrogen-bond acceptors (Lipinski definition) is 7. The Morgan fingerprint density at radius 1 is 0.824 bits per heavy atom. The van der Waals surface area contributed by atoms with E-state index in [2.05, 4.69) is 0 Å². The first kappa shape index (κ1) is 26.4. The normalized spacial score (nSPS) is 25.3. The molecule has 5 atom stereocenters. The molecule has 5 unspecified atom stereocenters. The van der Waals surface area contributed by atoms with Gasteiger partial charge >= 0.3 is 6.18 Å². The quantitative estimate of drug-likeness (QED) is 0.382. The smallest absolute Gasteiger partial charge is 0.416 e. The lowest BCUT2D eigenvalue weighted by molar-refractivity contribution is -0.301. The molecule has 1 heterocycles. The summed E-state index contributed by atoms with van der Waals surface area (Å²) in [6.45, 7) is -0.0847. The first-order valence-corrected chi connectivity index (χ1v) is 11.0. The summed E-state index contributed by atoms with van der Waals surface area (Å²) in [4.78, 5) is 0. The highest BCUT2D eigenvalue weighted by Gasteiger charge is 2.43. The van der Waals surface area contributed by atoms with E-state index in [4.69, 9.17) is 14.2 Å². The summed E-state index contributed by atoms with van der Waals surface area (Å²) in [5, 5.41) is 38.7. The van der Waals surface area contributed by atoms with Gasteiger partial charge in [-0.3, -0.25) is 0 Å². The average Bonchev–Trinajstić information content (AvgIpc) is 2.83. The van der Waals surface area contributed by atoms with Crippen molar-refractivity contribution in [1.82, 2.24) is 0 Å². The van der Waals surface area contributed by atoms with E-state index in [-0.39, 0.29) is 13.2 Å². The van der Waals surface area contributed by atoms with E-state index < -0.39 is 49.1 Å². The zero-order valence-corrected chi connectivity index (χ0v) is 18.4. The van der Waals surface area contributed by atoms with E-state index in [1.807, 2.05) is 12.1 Å². The fourth-order valence-corrected chi connectivity index (χ4v) is 3.54. The van der Waals surface area contributed by atoms with Crippen molar-refractivity contribution < 1.29 is 47.8 Å². The molecular weight excluding hydrogens is 457 g/mol. The second kappa shape index (κ2) is 12.0. The predicted octanol–water partition coefficient (Wildman–Crippen LogP) is 2.42. The third-order valence-corrected chi connectivity index (χ3v) is 5.60. The van der Waals surface area contributed by atoms with Crippen molar-refractivity contribution in [3.63, 3.8) is 0 Å². The van der Waals surface area contributed by atoms with Gasteiger partial charge in [0, 0.05) is 6.61 Å². The first-order chi connectivity index (χ1) is 16.2. The van der Waals surface area contributed by atoms with Crippen LogP contribution in [0.2, 0.25) is 0 Å². The number of alkyl halides is 3. The van der Waals surface area contributed by atoms with Gasteiger partial charge in [0.15, 0.2) is 6.29 Å². The van der Waals surface area contributed by atoms with Gasteiger partial charge in [-0.1, -0.05) is 24.3 Å². The molecule has 0 bridgehead atoms. The van der Waals surface area contributed by atoms with E-state index in [0.29, 0.717) is 17.7 Å². The summed E-state index contributed by atoms with van der Waals surface area (Å²) in [6.07, 6.45) is -8.58. The number of benzene rings is 2. The number of ether oxygens (including phenoxy) is 3. The van der Waals surface area contributed by atoms with Crippen molar-refractivity contribution in [3.8, 4) is 5.75 Å². The maximum Gasteiger partial charge on any atom is 0.416 e. The molecule has 0 aliphatic carbocycles. The average molecular weight is 486 g/mol. The van der Waals surface area contributed by atoms with E-state index in [0.717, 1.165) is 30.5 Å². The van der Waals surface area contributed by atoms with Crippen LogP contribution in [0.3, 0.4) is 0 Å². The summed E-state index contributed by atoms with van der Waals surface area (Å²) in [6, 6.07) is 12.2. The summed E-state index contributed by atoms with van der Waals surface area (Å²) in [7, 11) is 0. The lowest BCUT2D eigenvalue weighted by Crippen LogP contribution is -2.59. The van der Waals surface area contributed by atoms with Crippen LogP contribution in [-0.2, 0) is 28.7 Å². The number of aliphatic hydroxyl groups excluding tert-OH is 4. The fraction of sp³-hybridized carbons (Fsp3) is 0.500. The topological polar surface area (TPSA) is 109 Å². The number of aryl methyl sites for hydroxylation is 1. The van der Waals surface area contributed by atoms with Crippen LogP contribution >= 0.6 is 0 Å². The van der Waals surface area contributed by atoms with Crippen LogP contribution < -0.4 is 4.74 Å². The molecule has 2 aromatic rings. The van der Waals surface area contributed by atoms with Crippen LogP contribution in [0.5, 0.6) is 5.75 Å². The van der Waals surface area contributed by atoms with E-state index in [1.54, 1.807) is 12.1 Å². The van der Waals surface area contributed by atoms with E-state index in [9.17, 15) is 33.6 Å². The van der Waals surface area contributed by atoms with Crippen molar-refractivity contribution >= 4 is 0 Å². The van der Waals surface area contributed by atoms with Crippen molar-refractivity contribution in [2.45, 2.75) is 62.8 Å². The Bertz CT molecular complexity index is 872. The zero-order chi connectivity index (χ0) is 24.7. The highest BCUT2D eigenvalue weighted by Crippen LogP contribution is 2.29. The molecule has 10 heteroatoms. The van der Waals surface area contributed by atoms with Gasteiger partial charge in [0.1, 0.15) is 36.8 Å². The molecule has 0 radical (unpaired) electrons. The van der Waals surface area contributed by atoms with Crippen molar-refractivity contribution in [2.75, 3.05) is 13.2 Å². The molecule has 4 N–H and O–H groups in total. The second-order valence-corrected chi connectivity index (χ2v) is 8.15. The number of unbranched alkanes of at least 4 members (excludes halogenated alkanes) is 1. The molecule has 0 saturated carbocycles. The molecule has 0 aromatic heterocycles. The Balaban J connectivity index is 1.36. The molecule has 188 valence electrons. The summed E-state index contributed by atoms with van der Waals surface area (Å²) >= 11 is 0. The Kier molecular flexibility index (Phi) is 9.29. The number of rotatable bonds is 10. The second-order valence-electron chi connectivity index (χ2n) is 8.15.